The molecule has 0 aliphatic rings. The molecule has 0 N–H and O–H groups in total. The summed E-state index contributed by atoms with van der Waals surface area (Å²) in [5, 5.41) is 0.985. The standard InChI is InChI=1S/C19H24INO4/c1-21(2)16-6-7-17-15(13-19(22)25-18(17)14-16)5-3-9-23-11-12-24-10-4-8-20/h4,6-8,13-14H,3,5,9-12H2,1-2H3/b8-4+. The van der Waals surface area contributed by atoms with Crippen LogP contribution in [0.25, 0.3) is 11.0 Å². The van der Waals surface area contributed by atoms with Crippen LogP contribution < -0.4 is 10.5 Å². The summed E-state index contributed by atoms with van der Waals surface area (Å²) >= 11 is 2.16. The van der Waals surface area contributed by atoms with Crippen LogP contribution in [0.15, 0.2) is 43.6 Å². The predicted octanol–water partition coefficient (Wildman–Crippen LogP) is 3.77. The highest BCUT2D eigenvalue weighted by Crippen LogP contribution is 2.23. The van der Waals surface area contributed by atoms with Crippen molar-refractivity contribution >= 4 is 39.2 Å². The van der Waals surface area contributed by atoms with Crippen LogP contribution in [-0.4, -0.2) is 40.5 Å². The van der Waals surface area contributed by atoms with Crippen LogP contribution >= 0.6 is 22.6 Å². The van der Waals surface area contributed by atoms with Crippen molar-refractivity contribution in [1.82, 2.24) is 0 Å². The third kappa shape index (κ3) is 6.45. The van der Waals surface area contributed by atoms with E-state index >= 15 is 0 Å². The van der Waals surface area contributed by atoms with Gasteiger partial charge in [-0.25, -0.2) is 4.79 Å². The average molecular weight is 457 g/mol. The Labute approximate surface area is 161 Å². The smallest absolute Gasteiger partial charge is 0.336 e. The number of hydrogen-bond donors (Lipinski definition) is 0. The van der Waals surface area contributed by atoms with Gasteiger partial charge in [-0.15, -0.1) is 0 Å². The molecule has 2 aromatic rings. The molecule has 0 atom stereocenters. The molecule has 5 nitrogen and oxygen atoms in total. The quantitative estimate of drug-likeness (QED) is 0.309. The summed E-state index contributed by atoms with van der Waals surface area (Å²) < 4.78 is 18.2. The maximum atomic E-state index is 11.8. The minimum atomic E-state index is -0.309. The number of halogens is 1. The van der Waals surface area contributed by atoms with Gasteiger partial charge in [0.15, 0.2) is 0 Å². The molecular weight excluding hydrogens is 433 g/mol. The molecule has 25 heavy (non-hydrogen) atoms. The van der Waals surface area contributed by atoms with E-state index in [1.807, 2.05) is 47.4 Å². The SMILES string of the molecule is CN(C)c1ccc2c(CCCOCCOC/C=C/I)cc(=O)oc2c1. The van der Waals surface area contributed by atoms with Gasteiger partial charge in [0.25, 0.3) is 0 Å². The van der Waals surface area contributed by atoms with E-state index in [0.717, 1.165) is 29.5 Å². The van der Waals surface area contributed by atoms with Gasteiger partial charge in [-0.2, -0.15) is 0 Å². The molecule has 0 spiro atoms. The first-order valence-electron chi connectivity index (χ1n) is 8.26. The topological polar surface area (TPSA) is 51.9 Å². The van der Waals surface area contributed by atoms with Crippen LogP contribution in [0.5, 0.6) is 0 Å². The lowest BCUT2D eigenvalue weighted by atomic mass is 10.1. The molecular formula is C19H24INO4. The summed E-state index contributed by atoms with van der Waals surface area (Å²) in [6.45, 7) is 2.43. The second-order valence-electron chi connectivity index (χ2n) is 5.82. The maximum Gasteiger partial charge on any atom is 0.336 e. The van der Waals surface area contributed by atoms with Crippen LogP contribution in [0.2, 0.25) is 0 Å². The Morgan fingerprint density at radius 3 is 2.72 bits per heavy atom. The summed E-state index contributed by atoms with van der Waals surface area (Å²) in [5.74, 6) is 0. The molecule has 0 aliphatic carbocycles. The number of benzene rings is 1. The van der Waals surface area contributed by atoms with Crippen molar-refractivity contribution in [2.24, 2.45) is 0 Å². The molecule has 0 bridgehead atoms. The van der Waals surface area contributed by atoms with Crippen molar-refractivity contribution in [3.8, 4) is 0 Å². The Kier molecular flexibility index (Phi) is 8.43. The van der Waals surface area contributed by atoms with Crippen LogP contribution in [0.1, 0.15) is 12.0 Å². The fourth-order valence-corrected chi connectivity index (χ4v) is 2.68. The zero-order chi connectivity index (χ0) is 18.1. The number of ether oxygens (including phenoxy) is 2. The molecule has 0 saturated carbocycles. The molecule has 136 valence electrons. The first-order chi connectivity index (χ1) is 12.1. The highest BCUT2D eigenvalue weighted by Gasteiger charge is 2.07. The van der Waals surface area contributed by atoms with Gasteiger partial charge in [0.2, 0.25) is 0 Å². The van der Waals surface area contributed by atoms with Crippen LogP contribution in [-0.2, 0) is 15.9 Å². The maximum absolute atomic E-state index is 11.8. The molecule has 0 amide bonds. The van der Waals surface area contributed by atoms with Gasteiger partial charge in [-0.1, -0.05) is 28.7 Å². The molecule has 1 aromatic carbocycles. The third-order valence-corrected chi connectivity index (χ3v) is 4.25. The van der Waals surface area contributed by atoms with Crippen molar-refractivity contribution in [2.75, 3.05) is 45.4 Å². The lowest BCUT2D eigenvalue weighted by Crippen LogP contribution is -2.09. The van der Waals surface area contributed by atoms with E-state index < -0.39 is 0 Å². The highest BCUT2D eigenvalue weighted by atomic mass is 127. The number of fused-ring (bicyclic) bond motifs is 1. The highest BCUT2D eigenvalue weighted by molar-refractivity contribution is 14.1. The largest absolute Gasteiger partial charge is 0.423 e. The first kappa shape index (κ1) is 19.9. The van der Waals surface area contributed by atoms with E-state index in [4.69, 9.17) is 13.9 Å². The van der Waals surface area contributed by atoms with Gasteiger partial charge in [0.1, 0.15) is 5.58 Å². The molecule has 1 heterocycles. The molecule has 1 aromatic heterocycles. The predicted molar refractivity (Wildman–Crippen MR) is 110 cm³/mol. The van der Waals surface area contributed by atoms with Crippen molar-refractivity contribution in [2.45, 2.75) is 12.8 Å². The Morgan fingerprint density at radius 2 is 1.96 bits per heavy atom. The van der Waals surface area contributed by atoms with Crippen molar-refractivity contribution in [1.29, 1.82) is 0 Å². The Morgan fingerprint density at radius 1 is 1.16 bits per heavy atom. The number of hydrogen-bond acceptors (Lipinski definition) is 5. The van der Waals surface area contributed by atoms with Gasteiger partial charge in [-0.05, 0) is 34.6 Å². The van der Waals surface area contributed by atoms with E-state index in [-0.39, 0.29) is 5.63 Å². The summed E-state index contributed by atoms with van der Waals surface area (Å²) in [6.07, 6.45) is 3.58. The van der Waals surface area contributed by atoms with Gasteiger partial charge >= 0.3 is 5.63 Å². The van der Waals surface area contributed by atoms with Crippen LogP contribution in [0.4, 0.5) is 5.69 Å². The van der Waals surface area contributed by atoms with Crippen LogP contribution in [0.3, 0.4) is 0 Å². The normalized spacial score (nSPS) is 11.5. The van der Waals surface area contributed by atoms with Crippen molar-refractivity contribution in [3.05, 3.63) is 50.4 Å². The summed E-state index contributed by atoms with van der Waals surface area (Å²) in [7, 11) is 3.92. The average Bonchev–Trinajstić information content (AvgIpc) is 2.59. The number of nitrogens with zero attached hydrogens (tertiary/aromatic N) is 1. The van der Waals surface area contributed by atoms with Crippen molar-refractivity contribution < 1.29 is 13.9 Å². The Bertz CT molecular complexity index is 755. The minimum Gasteiger partial charge on any atom is -0.423 e. The third-order valence-electron chi connectivity index (χ3n) is 3.74. The molecule has 6 heteroatoms. The number of anilines is 1. The Hall–Kier alpha value is -1.38. The molecule has 0 radical (unpaired) electrons. The molecule has 0 unspecified atom stereocenters. The minimum absolute atomic E-state index is 0.309. The lowest BCUT2D eigenvalue weighted by Gasteiger charge is -2.13. The van der Waals surface area contributed by atoms with Crippen LogP contribution in [0, 0.1) is 0 Å². The first-order valence-corrected chi connectivity index (χ1v) is 9.51. The van der Waals surface area contributed by atoms with E-state index in [2.05, 4.69) is 22.6 Å². The summed E-state index contributed by atoms with van der Waals surface area (Å²) in [4.78, 5) is 13.8. The van der Waals surface area contributed by atoms with Gasteiger partial charge in [-0.3, -0.25) is 0 Å². The van der Waals surface area contributed by atoms with E-state index in [0.29, 0.717) is 32.0 Å². The molecule has 2 rings (SSSR count). The summed E-state index contributed by atoms with van der Waals surface area (Å²) in [5.41, 5.74) is 2.33. The van der Waals surface area contributed by atoms with E-state index in [1.165, 1.54) is 0 Å². The lowest BCUT2D eigenvalue weighted by molar-refractivity contribution is 0.0575. The van der Waals surface area contributed by atoms with Gasteiger partial charge < -0.3 is 18.8 Å². The van der Waals surface area contributed by atoms with Gasteiger partial charge in [0.05, 0.1) is 19.8 Å². The van der Waals surface area contributed by atoms with Crippen molar-refractivity contribution in [3.63, 3.8) is 0 Å². The molecule has 0 fully saturated rings. The Balaban J connectivity index is 1.87. The monoisotopic (exact) mass is 457 g/mol. The second kappa shape index (κ2) is 10.6. The fourth-order valence-electron chi connectivity index (χ4n) is 2.48. The fraction of sp³-hybridized carbons (Fsp3) is 0.421. The zero-order valence-corrected chi connectivity index (χ0v) is 16.8. The summed E-state index contributed by atoms with van der Waals surface area (Å²) in [6, 6.07) is 7.53. The molecule has 0 saturated heterocycles. The van der Waals surface area contributed by atoms with Gasteiger partial charge in [0, 0.05) is 43.9 Å². The number of rotatable bonds is 10. The molecule has 0 aliphatic heterocycles. The second-order valence-corrected chi connectivity index (χ2v) is 6.54. The zero-order valence-electron chi connectivity index (χ0n) is 14.7. The van der Waals surface area contributed by atoms with E-state index in [9.17, 15) is 4.79 Å². The number of aryl methyl sites for hydroxylation is 1. The van der Waals surface area contributed by atoms with E-state index in [1.54, 1.807) is 6.07 Å².